The van der Waals surface area contributed by atoms with Crippen molar-refractivity contribution in [2.24, 2.45) is 0 Å². The second-order valence-corrected chi connectivity index (χ2v) is 12.1. The highest BCUT2D eigenvalue weighted by atomic mass is 32.1. The third-order valence-electron chi connectivity index (χ3n) is 7.62. The lowest BCUT2D eigenvalue weighted by Crippen LogP contribution is -2.33. The molecule has 3 aromatic carbocycles. The van der Waals surface area contributed by atoms with Crippen LogP contribution in [0.2, 0.25) is 0 Å². The number of carbonyl (C=O) groups is 3. The lowest BCUT2D eigenvalue weighted by Gasteiger charge is -2.26. The maximum atomic E-state index is 14.1. The summed E-state index contributed by atoms with van der Waals surface area (Å²) in [6.45, 7) is 7.63. The summed E-state index contributed by atoms with van der Waals surface area (Å²) >= 11 is 1.46. The molecule has 1 aliphatic heterocycles. The molecule has 0 saturated carbocycles. The van der Waals surface area contributed by atoms with E-state index in [-0.39, 0.29) is 17.7 Å². The third-order valence-corrected chi connectivity index (χ3v) is 8.82. The number of fused-ring (bicyclic) bond motifs is 1. The number of thiophene rings is 1. The van der Waals surface area contributed by atoms with Crippen LogP contribution in [0.25, 0.3) is 20.5 Å². The maximum Gasteiger partial charge on any atom is 0.311 e. The van der Waals surface area contributed by atoms with Gasteiger partial charge in [-0.3, -0.25) is 19.3 Å². The first-order valence-electron chi connectivity index (χ1n) is 15.5. The number of likely N-dealkylation sites (tertiary alicyclic amines) is 1. The van der Waals surface area contributed by atoms with E-state index in [2.05, 4.69) is 4.90 Å². The monoisotopic (exact) mass is 613 g/mol. The fourth-order valence-electron chi connectivity index (χ4n) is 5.34. The van der Waals surface area contributed by atoms with E-state index in [0.717, 1.165) is 45.9 Å². The summed E-state index contributed by atoms with van der Waals surface area (Å²) in [6, 6.07) is 19.9. The Hall–Kier alpha value is -4.01. The number of benzene rings is 3. The van der Waals surface area contributed by atoms with Crippen LogP contribution in [-0.4, -0.2) is 48.9 Å². The van der Waals surface area contributed by atoms with Crippen molar-refractivity contribution in [1.29, 1.82) is 0 Å². The van der Waals surface area contributed by atoms with Crippen LogP contribution in [0.5, 0.6) is 17.2 Å². The Morgan fingerprint density at radius 3 is 2.02 bits per heavy atom. The van der Waals surface area contributed by atoms with Crippen LogP contribution in [-0.2, 0) is 9.59 Å². The smallest absolute Gasteiger partial charge is 0.311 e. The van der Waals surface area contributed by atoms with Crippen molar-refractivity contribution in [3.05, 3.63) is 77.9 Å². The van der Waals surface area contributed by atoms with E-state index in [9.17, 15) is 14.4 Å². The molecule has 1 aromatic heterocycles. The van der Waals surface area contributed by atoms with Crippen LogP contribution in [0.15, 0.2) is 66.7 Å². The summed E-state index contributed by atoms with van der Waals surface area (Å²) in [5.41, 5.74) is 1.95. The number of ketones is 1. The summed E-state index contributed by atoms with van der Waals surface area (Å²) in [6.07, 6.45) is 5.91. The number of hydrogen-bond acceptors (Lipinski definition) is 8. The first kappa shape index (κ1) is 31.4. The molecule has 7 nitrogen and oxygen atoms in total. The minimum Gasteiger partial charge on any atom is -0.492 e. The first-order chi connectivity index (χ1) is 21.4. The van der Waals surface area contributed by atoms with Gasteiger partial charge in [0.25, 0.3) is 0 Å². The number of nitrogens with zero attached hydrogens (tertiary/aromatic N) is 1. The molecular formula is C36H39NO6S. The molecule has 44 heavy (non-hydrogen) atoms. The number of esters is 2. The Kier molecular flexibility index (Phi) is 10.8. The third kappa shape index (κ3) is 7.92. The lowest BCUT2D eigenvalue weighted by molar-refractivity contribution is -0.135. The molecule has 5 rings (SSSR count). The van der Waals surface area contributed by atoms with Crippen molar-refractivity contribution in [3.8, 4) is 27.7 Å². The second-order valence-electron chi connectivity index (χ2n) is 11.0. The molecule has 0 N–H and O–H groups in total. The first-order valence-corrected chi connectivity index (χ1v) is 16.3. The van der Waals surface area contributed by atoms with E-state index in [1.807, 2.05) is 62.4 Å². The molecular weight excluding hydrogens is 574 g/mol. The Bertz CT molecular complexity index is 1590. The van der Waals surface area contributed by atoms with Crippen LogP contribution < -0.4 is 14.2 Å². The van der Waals surface area contributed by atoms with E-state index in [1.54, 1.807) is 18.2 Å². The second kappa shape index (κ2) is 15.1. The number of hydrogen-bond donors (Lipinski definition) is 0. The molecule has 0 radical (unpaired) electrons. The average molecular weight is 614 g/mol. The van der Waals surface area contributed by atoms with Crippen LogP contribution in [0, 0.1) is 0 Å². The van der Waals surface area contributed by atoms with Gasteiger partial charge in [-0.15, -0.1) is 11.3 Å². The molecule has 1 saturated heterocycles. The topological polar surface area (TPSA) is 82.1 Å². The highest BCUT2D eigenvalue weighted by Crippen LogP contribution is 2.42. The molecule has 2 heterocycles. The summed E-state index contributed by atoms with van der Waals surface area (Å²) in [5, 5.41) is 0.783. The number of ether oxygens (including phenoxy) is 3. The van der Waals surface area contributed by atoms with Gasteiger partial charge in [-0.2, -0.15) is 0 Å². The van der Waals surface area contributed by atoms with Crippen molar-refractivity contribution in [1.82, 2.24) is 4.90 Å². The predicted molar refractivity (Wildman–Crippen MR) is 174 cm³/mol. The van der Waals surface area contributed by atoms with Crippen molar-refractivity contribution in [2.75, 3.05) is 26.2 Å². The van der Waals surface area contributed by atoms with Gasteiger partial charge >= 0.3 is 11.9 Å². The maximum absolute atomic E-state index is 14.1. The van der Waals surface area contributed by atoms with Gasteiger partial charge in [0.05, 0.1) is 0 Å². The Morgan fingerprint density at radius 1 is 0.750 bits per heavy atom. The Labute approximate surface area is 262 Å². The molecule has 1 fully saturated rings. The van der Waals surface area contributed by atoms with Crippen LogP contribution in [0.4, 0.5) is 0 Å². The standard InChI is InChI=1S/C36H39NO6S/c1-3-8-32(38)42-28-16-12-26(13-17-28)36-34(30-19-18-29(24-31(30)44-36)43-33(39)9-4-2)35(40)25-10-14-27(15-11-25)41-23-22-37-20-6-5-7-21-37/h10-19,24H,3-9,20-23H2,1-2H3. The van der Waals surface area contributed by atoms with E-state index in [0.29, 0.717) is 54.9 Å². The zero-order chi connectivity index (χ0) is 30.9. The van der Waals surface area contributed by atoms with Gasteiger partial charge in [0.15, 0.2) is 5.78 Å². The minimum atomic E-state index is -0.286. The summed E-state index contributed by atoms with van der Waals surface area (Å²) < 4.78 is 17.8. The molecule has 8 heteroatoms. The fraction of sp³-hybridized carbons (Fsp3) is 0.361. The molecule has 0 unspecified atom stereocenters. The largest absolute Gasteiger partial charge is 0.492 e. The minimum absolute atomic E-state index is 0.111. The van der Waals surface area contributed by atoms with Gasteiger partial charge in [0.2, 0.25) is 0 Å². The molecule has 0 amide bonds. The van der Waals surface area contributed by atoms with Gasteiger partial charge in [-0.1, -0.05) is 20.3 Å². The highest BCUT2D eigenvalue weighted by Gasteiger charge is 2.23. The molecule has 0 atom stereocenters. The zero-order valence-corrected chi connectivity index (χ0v) is 26.3. The van der Waals surface area contributed by atoms with Crippen molar-refractivity contribution in [2.45, 2.75) is 58.8 Å². The van der Waals surface area contributed by atoms with E-state index < -0.39 is 0 Å². The zero-order valence-electron chi connectivity index (χ0n) is 25.4. The number of piperidine rings is 1. The van der Waals surface area contributed by atoms with Gasteiger partial charge < -0.3 is 14.2 Å². The molecule has 230 valence electrons. The highest BCUT2D eigenvalue weighted by molar-refractivity contribution is 7.22. The molecule has 0 bridgehead atoms. The van der Waals surface area contributed by atoms with Crippen LogP contribution >= 0.6 is 11.3 Å². The van der Waals surface area contributed by atoms with E-state index >= 15 is 0 Å². The number of carbonyl (C=O) groups excluding carboxylic acids is 3. The molecule has 4 aromatic rings. The summed E-state index contributed by atoms with van der Waals surface area (Å²) in [4.78, 5) is 41.4. The van der Waals surface area contributed by atoms with Crippen molar-refractivity contribution in [3.63, 3.8) is 0 Å². The Balaban J connectivity index is 1.41. The van der Waals surface area contributed by atoms with Crippen molar-refractivity contribution < 1.29 is 28.6 Å². The van der Waals surface area contributed by atoms with Crippen LogP contribution in [0.3, 0.4) is 0 Å². The number of rotatable bonds is 13. The molecule has 1 aliphatic rings. The van der Waals surface area contributed by atoms with Gasteiger partial charge in [0.1, 0.15) is 23.9 Å². The normalized spacial score (nSPS) is 13.5. The Morgan fingerprint density at radius 2 is 1.36 bits per heavy atom. The predicted octanol–water partition coefficient (Wildman–Crippen LogP) is 8.08. The van der Waals surface area contributed by atoms with E-state index in [1.165, 1.54) is 30.6 Å². The summed E-state index contributed by atoms with van der Waals surface area (Å²) in [7, 11) is 0. The summed E-state index contributed by atoms with van der Waals surface area (Å²) in [5.74, 6) is 0.976. The van der Waals surface area contributed by atoms with E-state index in [4.69, 9.17) is 14.2 Å². The van der Waals surface area contributed by atoms with Gasteiger partial charge in [0, 0.05) is 45.5 Å². The SMILES string of the molecule is CCCC(=O)Oc1ccc(-c2sc3cc(OC(=O)CCC)ccc3c2C(=O)c2ccc(OCCN3CCCCC3)cc2)cc1. The molecule has 0 spiro atoms. The van der Waals surface area contributed by atoms with Gasteiger partial charge in [-0.25, -0.2) is 0 Å². The average Bonchev–Trinajstić information content (AvgIpc) is 3.41. The molecule has 0 aliphatic carbocycles. The lowest BCUT2D eigenvalue weighted by atomic mass is 9.97. The quantitative estimate of drug-likeness (QED) is 0.0857. The van der Waals surface area contributed by atoms with Crippen molar-refractivity contribution >= 4 is 39.1 Å². The fourth-order valence-corrected chi connectivity index (χ4v) is 6.57. The van der Waals surface area contributed by atoms with Gasteiger partial charge in [-0.05, 0) is 111 Å². The van der Waals surface area contributed by atoms with Crippen LogP contribution in [0.1, 0.15) is 74.7 Å².